The summed E-state index contributed by atoms with van der Waals surface area (Å²) in [4.78, 5) is 11.9. The van der Waals surface area contributed by atoms with Crippen LogP contribution in [0.2, 0.25) is 5.02 Å². The molecular formula is C18H17ClN4O2. The summed E-state index contributed by atoms with van der Waals surface area (Å²) in [5, 5.41) is 10.8. The number of rotatable bonds is 6. The van der Waals surface area contributed by atoms with Gasteiger partial charge in [-0.15, -0.1) is 10.2 Å². The first kappa shape index (κ1) is 17.0. The summed E-state index contributed by atoms with van der Waals surface area (Å²) < 4.78 is 7.24. The highest BCUT2D eigenvalue weighted by Crippen LogP contribution is 2.30. The van der Waals surface area contributed by atoms with Gasteiger partial charge in [-0.2, -0.15) is 0 Å². The van der Waals surface area contributed by atoms with Gasteiger partial charge in [0, 0.05) is 7.05 Å². The van der Waals surface area contributed by atoms with Gasteiger partial charge in [0.2, 0.25) is 0 Å². The molecule has 25 heavy (non-hydrogen) atoms. The van der Waals surface area contributed by atoms with Crippen molar-refractivity contribution in [2.24, 2.45) is 7.05 Å². The number of amides is 1. The van der Waals surface area contributed by atoms with Crippen molar-refractivity contribution in [3.63, 3.8) is 0 Å². The van der Waals surface area contributed by atoms with Crippen LogP contribution in [0.3, 0.4) is 0 Å². The second-order valence-electron chi connectivity index (χ2n) is 5.43. The van der Waals surface area contributed by atoms with E-state index in [-0.39, 0.29) is 12.5 Å². The monoisotopic (exact) mass is 356 g/mol. The third-order valence-corrected chi connectivity index (χ3v) is 3.94. The van der Waals surface area contributed by atoms with Crippen LogP contribution in [0.15, 0.2) is 54.9 Å². The van der Waals surface area contributed by atoms with E-state index < -0.39 is 0 Å². The molecule has 0 fully saturated rings. The molecule has 0 saturated heterocycles. The van der Waals surface area contributed by atoms with E-state index in [0.717, 1.165) is 11.1 Å². The molecule has 6 nitrogen and oxygen atoms in total. The van der Waals surface area contributed by atoms with Gasteiger partial charge in [-0.1, -0.05) is 48.0 Å². The third kappa shape index (κ3) is 4.36. The van der Waals surface area contributed by atoms with E-state index in [1.54, 1.807) is 17.0 Å². The Labute approximate surface area is 150 Å². The van der Waals surface area contributed by atoms with E-state index in [0.29, 0.717) is 23.1 Å². The lowest BCUT2D eigenvalue weighted by Crippen LogP contribution is -2.29. The molecule has 2 aromatic carbocycles. The largest absolute Gasteiger partial charge is 0.482 e. The van der Waals surface area contributed by atoms with Gasteiger partial charge in [-0.25, -0.2) is 0 Å². The predicted molar refractivity (Wildman–Crippen MR) is 95.2 cm³/mol. The fourth-order valence-electron chi connectivity index (χ4n) is 2.27. The Hall–Kier alpha value is -2.86. The normalized spacial score (nSPS) is 10.5. The van der Waals surface area contributed by atoms with Crippen molar-refractivity contribution in [2.45, 2.75) is 6.54 Å². The summed E-state index contributed by atoms with van der Waals surface area (Å²) in [7, 11) is 1.81. The molecule has 0 saturated carbocycles. The van der Waals surface area contributed by atoms with Crippen molar-refractivity contribution in [1.29, 1.82) is 0 Å². The number of nitrogens with zero attached hydrogens (tertiary/aromatic N) is 3. The summed E-state index contributed by atoms with van der Waals surface area (Å²) in [5.41, 5.74) is 2.06. The zero-order valence-electron chi connectivity index (χ0n) is 13.6. The number of carbonyl (C=O) groups excluding carboxylic acids is 1. The minimum absolute atomic E-state index is 0.123. The first-order valence-electron chi connectivity index (χ1n) is 7.71. The molecule has 0 spiro atoms. The van der Waals surface area contributed by atoms with Crippen LogP contribution in [0.25, 0.3) is 11.1 Å². The summed E-state index contributed by atoms with van der Waals surface area (Å²) in [6.45, 7) is 0.168. The topological polar surface area (TPSA) is 69.0 Å². The quantitative estimate of drug-likeness (QED) is 0.737. The number of hydrogen-bond donors (Lipinski definition) is 1. The maximum atomic E-state index is 11.9. The van der Waals surface area contributed by atoms with Gasteiger partial charge >= 0.3 is 0 Å². The number of halogens is 1. The van der Waals surface area contributed by atoms with E-state index in [1.165, 1.54) is 0 Å². The van der Waals surface area contributed by atoms with Crippen LogP contribution in [-0.4, -0.2) is 27.3 Å². The minimum atomic E-state index is -0.258. The van der Waals surface area contributed by atoms with Crippen LogP contribution < -0.4 is 10.1 Å². The van der Waals surface area contributed by atoms with Gasteiger partial charge in [-0.05, 0) is 23.3 Å². The molecule has 1 aromatic heterocycles. The highest BCUT2D eigenvalue weighted by atomic mass is 35.5. The number of hydrogen-bond acceptors (Lipinski definition) is 4. The van der Waals surface area contributed by atoms with Crippen molar-refractivity contribution in [3.05, 3.63) is 65.7 Å². The Balaban J connectivity index is 1.56. The van der Waals surface area contributed by atoms with Crippen molar-refractivity contribution >= 4 is 17.5 Å². The van der Waals surface area contributed by atoms with E-state index in [1.807, 2.05) is 49.5 Å². The van der Waals surface area contributed by atoms with Gasteiger partial charge in [-0.3, -0.25) is 4.79 Å². The Bertz CT molecular complexity index is 865. The average Bonchev–Trinajstić information content (AvgIpc) is 3.04. The summed E-state index contributed by atoms with van der Waals surface area (Å²) in [6.07, 6.45) is 1.58. The Morgan fingerprint density at radius 2 is 2.00 bits per heavy atom. The summed E-state index contributed by atoms with van der Waals surface area (Å²) in [6, 6.07) is 15.4. The lowest BCUT2D eigenvalue weighted by molar-refractivity contribution is -0.123. The van der Waals surface area contributed by atoms with Crippen LogP contribution in [0.4, 0.5) is 0 Å². The molecular weight excluding hydrogens is 340 g/mol. The lowest BCUT2D eigenvalue weighted by Gasteiger charge is -2.10. The SMILES string of the molecule is Cn1cnnc1CNC(=O)COc1ccc(-c2ccccc2)cc1Cl. The Morgan fingerprint density at radius 3 is 2.68 bits per heavy atom. The first-order chi connectivity index (χ1) is 12.1. The van der Waals surface area contributed by atoms with Crippen LogP contribution in [0, 0.1) is 0 Å². The van der Waals surface area contributed by atoms with Crippen LogP contribution in [-0.2, 0) is 18.4 Å². The molecule has 0 aliphatic rings. The summed E-state index contributed by atoms with van der Waals surface area (Å²) >= 11 is 6.26. The number of carbonyl (C=O) groups is 1. The van der Waals surface area contributed by atoms with Crippen molar-refractivity contribution < 1.29 is 9.53 Å². The van der Waals surface area contributed by atoms with E-state index in [2.05, 4.69) is 15.5 Å². The molecule has 1 N–H and O–H groups in total. The molecule has 128 valence electrons. The number of aromatic nitrogens is 3. The van der Waals surface area contributed by atoms with E-state index in [9.17, 15) is 4.79 Å². The molecule has 3 rings (SSSR count). The molecule has 7 heteroatoms. The van der Waals surface area contributed by atoms with Crippen LogP contribution in [0.1, 0.15) is 5.82 Å². The molecule has 1 amide bonds. The third-order valence-electron chi connectivity index (χ3n) is 3.65. The molecule has 3 aromatic rings. The zero-order chi connectivity index (χ0) is 17.6. The second-order valence-corrected chi connectivity index (χ2v) is 5.84. The average molecular weight is 357 g/mol. The smallest absolute Gasteiger partial charge is 0.258 e. The predicted octanol–water partition coefficient (Wildman–Crippen LogP) is 2.83. The number of aryl methyl sites for hydroxylation is 1. The van der Waals surface area contributed by atoms with E-state index >= 15 is 0 Å². The van der Waals surface area contributed by atoms with Gasteiger partial charge in [0.1, 0.15) is 12.1 Å². The summed E-state index contributed by atoms with van der Waals surface area (Å²) in [5.74, 6) is 0.875. The molecule has 0 radical (unpaired) electrons. The van der Waals surface area contributed by atoms with E-state index in [4.69, 9.17) is 16.3 Å². The second kappa shape index (κ2) is 7.81. The van der Waals surface area contributed by atoms with Crippen molar-refractivity contribution in [1.82, 2.24) is 20.1 Å². The van der Waals surface area contributed by atoms with Gasteiger partial charge in [0.15, 0.2) is 12.4 Å². The zero-order valence-corrected chi connectivity index (χ0v) is 14.4. The number of ether oxygens (including phenoxy) is 1. The highest BCUT2D eigenvalue weighted by molar-refractivity contribution is 6.32. The minimum Gasteiger partial charge on any atom is -0.482 e. The molecule has 0 bridgehead atoms. The van der Waals surface area contributed by atoms with Gasteiger partial charge < -0.3 is 14.6 Å². The molecule has 0 atom stereocenters. The molecule has 0 aliphatic carbocycles. The Morgan fingerprint density at radius 1 is 1.20 bits per heavy atom. The lowest BCUT2D eigenvalue weighted by atomic mass is 10.1. The first-order valence-corrected chi connectivity index (χ1v) is 8.08. The molecule has 0 unspecified atom stereocenters. The van der Waals surface area contributed by atoms with Gasteiger partial charge in [0.05, 0.1) is 11.6 Å². The maximum absolute atomic E-state index is 11.9. The van der Waals surface area contributed by atoms with Crippen LogP contribution in [0.5, 0.6) is 5.75 Å². The fourth-order valence-corrected chi connectivity index (χ4v) is 2.50. The highest BCUT2D eigenvalue weighted by Gasteiger charge is 2.09. The van der Waals surface area contributed by atoms with Crippen molar-refractivity contribution in [2.75, 3.05) is 6.61 Å². The van der Waals surface area contributed by atoms with Crippen molar-refractivity contribution in [3.8, 4) is 16.9 Å². The standard InChI is InChI=1S/C18H17ClN4O2/c1-23-12-21-22-17(23)10-20-18(24)11-25-16-8-7-14(9-15(16)19)13-5-3-2-4-6-13/h2-9,12H,10-11H2,1H3,(H,20,24). The van der Waals surface area contributed by atoms with Gasteiger partial charge in [0.25, 0.3) is 5.91 Å². The number of benzene rings is 2. The fraction of sp³-hybridized carbons (Fsp3) is 0.167. The maximum Gasteiger partial charge on any atom is 0.258 e. The molecule has 0 aliphatic heterocycles. The van der Waals surface area contributed by atoms with Crippen LogP contribution >= 0.6 is 11.6 Å². The number of nitrogens with one attached hydrogen (secondary N) is 1. The molecule has 1 heterocycles. The Kier molecular flexibility index (Phi) is 5.30.